The summed E-state index contributed by atoms with van der Waals surface area (Å²) in [5.41, 5.74) is 0.601. The van der Waals surface area contributed by atoms with Gasteiger partial charge in [0.2, 0.25) is 0 Å². The Morgan fingerprint density at radius 3 is 2.71 bits per heavy atom. The lowest BCUT2D eigenvalue weighted by atomic mass is 10.1. The second-order valence-electron chi connectivity index (χ2n) is 3.76. The third-order valence-corrected chi connectivity index (χ3v) is 2.67. The molecule has 0 spiro atoms. The molecule has 0 saturated carbocycles. The van der Waals surface area contributed by atoms with Crippen molar-refractivity contribution in [2.45, 2.75) is 6.92 Å². The molecule has 0 amide bonds. The average molecular weight is 231 g/mol. The SMILES string of the molecule is CCN(C)c1c(Nc2cccnc2)c(=O)c1=O. The summed E-state index contributed by atoms with van der Waals surface area (Å²) < 4.78 is 0. The normalized spacial score (nSPS) is 10.5. The highest BCUT2D eigenvalue weighted by Crippen LogP contribution is 2.22. The first-order valence-corrected chi connectivity index (χ1v) is 5.36. The largest absolute Gasteiger partial charge is 0.370 e. The van der Waals surface area contributed by atoms with Crippen LogP contribution in [0.4, 0.5) is 17.1 Å². The van der Waals surface area contributed by atoms with Crippen LogP contribution in [-0.4, -0.2) is 18.6 Å². The lowest BCUT2D eigenvalue weighted by molar-refractivity contribution is 0.953. The summed E-state index contributed by atoms with van der Waals surface area (Å²) in [6.07, 6.45) is 3.25. The van der Waals surface area contributed by atoms with Gasteiger partial charge in [-0.15, -0.1) is 0 Å². The number of rotatable bonds is 4. The van der Waals surface area contributed by atoms with Crippen LogP contribution in [0, 0.1) is 0 Å². The summed E-state index contributed by atoms with van der Waals surface area (Å²) in [5.74, 6) is 0. The third kappa shape index (κ3) is 1.91. The van der Waals surface area contributed by atoms with E-state index in [2.05, 4.69) is 10.3 Å². The quantitative estimate of drug-likeness (QED) is 0.791. The van der Waals surface area contributed by atoms with Crippen molar-refractivity contribution in [3.8, 4) is 0 Å². The number of aromatic nitrogens is 1. The smallest absolute Gasteiger partial charge is 0.253 e. The number of hydrogen-bond acceptors (Lipinski definition) is 5. The summed E-state index contributed by atoms with van der Waals surface area (Å²) in [4.78, 5) is 28.6. The molecule has 0 atom stereocenters. The Hall–Kier alpha value is -2.17. The van der Waals surface area contributed by atoms with Gasteiger partial charge < -0.3 is 10.2 Å². The van der Waals surface area contributed by atoms with E-state index in [4.69, 9.17) is 0 Å². The molecule has 1 aromatic heterocycles. The van der Waals surface area contributed by atoms with Gasteiger partial charge in [-0.3, -0.25) is 14.6 Å². The van der Waals surface area contributed by atoms with Gasteiger partial charge in [0.05, 0.1) is 11.9 Å². The molecule has 0 unspecified atom stereocenters. The van der Waals surface area contributed by atoms with Gasteiger partial charge in [-0.2, -0.15) is 0 Å². The first-order chi connectivity index (χ1) is 8.15. The van der Waals surface area contributed by atoms with Crippen molar-refractivity contribution in [1.29, 1.82) is 0 Å². The monoisotopic (exact) mass is 231 g/mol. The van der Waals surface area contributed by atoms with Gasteiger partial charge in [-0.05, 0) is 19.1 Å². The maximum Gasteiger partial charge on any atom is 0.253 e. The van der Waals surface area contributed by atoms with E-state index in [1.54, 1.807) is 36.5 Å². The number of nitrogens with zero attached hydrogens (tertiary/aromatic N) is 2. The fourth-order valence-electron chi connectivity index (χ4n) is 1.60. The molecular formula is C12H13N3O2. The van der Waals surface area contributed by atoms with E-state index >= 15 is 0 Å². The Kier molecular flexibility index (Phi) is 2.91. The highest BCUT2D eigenvalue weighted by atomic mass is 16.2. The van der Waals surface area contributed by atoms with Crippen LogP contribution in [0.5, 0.6) is 0 Å². The Labute approximate surface area is 98.4 Å². The summed E-state index contributed by atoms with van der Waals surface area (Å²) in [5, 5.41) is 2.93. The molecule has 0 radical (unpaired) electrons. The molecule has 0 aliphatic heterocycles. The van der Waals surface area contributed by atoms with E-state index in [0.717, 1.165) is 0 Å². The van der Waals surface area contributed by atoms with Gasteiger partial charge in [-0.1, -0.05) is 0 Å². The zero-order chi connectivity index (χ0) is 12.4. The molecule has 5 heteroatoms. The van der Waals surface area contributed by atoms with Crippen molar-refractivity contribution >= 4 is 17.1 Å². The topological polar surface area (TPSA) is 62.3 Å². The van der Waals surface area contributed by atoms with Gasteiger partial charge in [0, 0.05) is 19.8 Å². The minimum atomic E-state index is -0.468. The van der Waals surface area contributed by atoms with Crippen LogP contribution in [0.2, 0.25) is 0 Å². The standard InChI is InChI=1S/C12H13N3O2/c1-3-15(2)10-9(11(16)12(10)17)14-8-5-4-6-13-7-8/h4-7,14H,3H2,1-2H3. The maximum absolute atomic E-state index is 11.5. The number of nitrogens with one attached hydrogen (secondary N) is 1. The Morgan fingerprint density at radius 2 is 2.12 bits per heavy atom. The lowest BCUT2D eigenvalue weighted by Gasteiger charge is -2.21. The van der Waals surface area contributed by atoms with E-state index in [1.165, 1.54) is 0 Å². The number of anilines is 3. The van der Waals surface area contributed by atoms with Crippen LogP contribution in [0.1, 0.15) is 6.92 Å². The molecule has 1 heterocycles. The molecule has 2 rings (SSSR count). The minimum absolute atomic E-state index is 0.354. The molecule has 1 N–H and O–H groups in total. The molecule has 5 nitrogen and oxygen atoms in total. The predicted octanol–water partition coefficient (Wildman–Crippen LogP) is 0.877. The molecule has 2 aromatic rings. The van der Waals surface area contributed by atoms with Crippen LogP contribution in [0.25, 0.3) is 0 Å². The first-order valence-electron chi connectivity index (χ1n) is 5.36. The predicted molar refractivity (Wildman–Crippen MR) is 67.8 cm³/mol. The molecular weight excluding hydrogens is 218 g/mol. The van der Waals surface area contributed by atoms with Gasteiger partial charge in [0.15, 0.2) is 0 Å². The molecule has 1 aromatic carbocycles. The second-order valence-corrected chi connectivity index (χ2v) is 3.76. The maximum atomic E-state index is 11.5. The van der Waals surface area contributed by atoms with Crippen molar-refractivity contribution < 1.29 is 0 Å². The van der Waals surface area contributed by atoms with Crippen LogP contribution in [0.3, 0.4) is 0 Å². The van der Waals surface area contributed by atoms with Crippen LogP contribution >= 0.6 is 0 Å². The van der Waals surface area contributed by atoms with Crippen LogP contribution < -0.4 is 21.1 Å². The number of pyridine rings is 1. The Bertz CT molecular complexity index is 585. The van der Waals surface area contributed by atoms with E-state index in [1.807, 2.05) is 6.92 Å². The van der Waals surface area contributed by atoms with E-state index in [-0.39, 0.29) is 0 Å². The van der Waals surface area contributed by atoms with Crippen molar-refractivity contribution in [1.82, 2.24) is 4.98 Å². The van der Waals surface area contributed by atoms with Crippen molar-refractivity contribution in [3.05, 3.63) is 45.0 Å². The fraction of sp³-hybridized carbons (Fsp3) is 0.250. The summed E-state index contributed by atoms with van der Waals surface area (Å²) in [7, 11) is 1.78. The molecule has 0 fully saturated rings. The van der Waals surface area contributed by atoms with E-state index < -0.39 is 10.9 Å². The molecule has 0 bridgehead atoms. The van der Waals surface area contributed by atoms with Crippen molar-refractivity contribution in [2.75, 3.05) is 23.8 Å². The molecule has 0 aliphatic rings. The summed E-state index contributed by atoms with van der Waals surface area (Å²) >= 11 is 0. The molecule has 0 saturated heterocycles. The van der Waals surface area contributed by atoms with Crippen LogP contribution in [0.15, 0.2) is 34.1 Å². The Morgan fingerprint density at radius 1 is 1.35 bits per heavy atom. The van der Waals surface area contributed by atoms with Gasteiger partial charge in [0.1, 0.15) is 11.4 Å². The highest BCUT2D eigenvalue weighted by molar-refractivity contribution is 5.79. The molecule has 17 heavy (non-hydrogen) atoms. The van der Waals surface area contributed by atoms with Crippen molar-refractivity contribution in [3.63, 3.8) is 0 Å². The zero-order valence-corrected chi connectivity index (χ0v) is 9.73. The molecule has 0 aliphatic carbocycles. The summed E-state index contributed by atoms with van der Waals surface area (Å²) in [6, 6.07) is 3.55. The second kappa shape index (κ2) is 4.37. The van der Waals surface area contributed by atoms with Crippen molar-refractivity contribution in [2.24, 2.45) is 0 Å². The van der Waals surface area contributed by atoms with E-state index in [9.17, 15) is 9.59 Å². The van der Waals surface area contributed by atoms with Gasteiger partial charge in [-0.25, -0.2) is 0 Å². The third-order valence-electron chi connectivity index (χ3n) is 2.67. The fourth-order valence-corrected chi connectivity index (χ4v) is 1.60. The highest BCUT2D eigenvalue weighted by Gasteiger charge is 2.23. The van der Waals surface area contributed by atoms with Gasteiger partial charge >= 0.3 is 0 Å². The lowest BCUT2D eigenvalue weighted by Crippen LogP contribution is -2.40. The van der Waals surface area contributed by atoms with Crippen LogP contribution in [-0.2, 0) is 0 Å². The first kappa shape index (κ1) is 11.3. The Balaban J connectivity index is 2.32. The van der Waals surface area contributed by atoms with Gasteiger partial charge in [0.25, 0.3) is 10.9 Å². The number of hydrogen-bond donors (Lipinski definition) is 1. The minimum Gasteiger partial charge on any atom is -0.370 e. The average Bonchev–Trinajstić information content (AvgIpc) is 2.38. The zero-order valence-electron chi connectivity index (χ0n) is 9.73. The summed E-state index contributed by atoms with van der Waals surface area (Å²) in [6.45, 7) is 2.59. The molecule has 88 valence electrons. The van der Waals surface area contributed by atoms with E-state index in [0.29, 0.717) is 23.6 Å².